The molecule has 1 aliphatic heterocycles. The number of ketones is 1. The molecule has 1 aliphatic rings. The molecule has 0 atom stereocenters. The lowest BCUT2D eigenvalue weighted by Crippen LogP contribution is -3.10. The van der Waals surface area contributed by atoms with Crippen LogP contribution in [0.25, 0.3) is 0 Å². The predicted octanol–water partition coefficient (Wildman–Crippen LogP) is 0.670. The molecule has 2 rings (SSSR count). The van der Waals surface area contributed by atoms with E-state index in [0.717, 1.165) is 13.1 Å². The third-order valence-electron chi connectivity index (χ3n) is 3.92. The number of likely N-dealkylation sites (tertiary alicyclic amines) is 1. The molecule has 0 unspecified atom stereocenters. The maximum Gasteiger partial charge on any atom is 0.340 e. The number of aromatic nitrogens is 1. The molecule has 5 nitrogen and oxygen atoms in total. The van der Waals surface area contributed by atoms with E-state index in [-0.39, 0.29) is 11.8 Å². The molecule has 110 valence electrons. The molecule has 0 radical (unpaired) electrons. The predicted molar refractivity (Wildman–Crippen MR) is 75.4 cm³/mol. The number of aryl methyl sites for hydroxylation is 1. The number of hydrogen-bond acceptors (Lipinski definition) is 3. The number of H-pyrrole nitrogens is 1. The molecule has 1 fully saturated rings. The van der Waals surface area contributed by atoms with Crippen molar-refractivity contribution in [3.63, 3.8) is 0 Å². The van der Waals surface area contributed by atoms with Gasteiger partial charge >= 0.3 is 5.97 Å². The molecule has 0 amide bonds. The quantitative estimate of drug-likeness (QED) is 0.615. The van der Waals surface area contributed by atoms with Gasteiger partial charge in [-0.3, -0.25) is 4.79 Å². The fraction of sp³-hybridized carbons (Fsp3) is 0.600. The van der Waals surface area contributed by atoms with Crippen molar-refractivity contribution < 1.29 is 19.2 Å². The Labute approximate surface area is 119 Å². The van der Waals surface area contributed by atoms with Crippen molar-refractivity contribution in [2.75, 3.05) is 26.2 Å². The minimum Gasteiger partial charge on any atom is -0.462 e. The Balaban J connectivity index is 2.17. The zero-order valence-corrected chi connectivity index (χ0v) is 12.5. The van der Waals surface area contributed by atoms with Gasteiger partial charge < -0.3 is 14.6 Å². The molecular weight excluding hydrogens is 256 g/mol. The SMILES string of the molecule is CCOC(=O)c1c(C)[nH]c(C(=O)C[NH+]2CCCC2)c1C. The average Bonchev–Trinajstić information content (AvgIpc) is 2.98. The van der Waals surface area contributed by atoms with Crippen LogP contribution in [0, 0.1) is 13.8 Å². The van der Waals surface area contributed by atoms with Crippen LogP contribution in [-0.4, -0.2) is 43.0 Å². The number of quaternary nitrogens is 1. The first-order chi connectivity index (χ1) is 9.54. The summed E-state index contributed by atoms with van der Waals surface area (Å²) in [6.45, 7) is 8.36. The normalized spacial score (nSPS) is 15.6. The van der Waals surface area contributed by atoms with Gasteiger partial charge in [0.1, 0.15) is 6.54 Å². The Bertz CT molecular complexity index is 513. The van der Waals surface area contributed by atoms with E-state index in [1.54, 1.807) is 13.8 Å². The molecule has 1 aromatic rings. The van der Waals surface area contributed by atoms with Crippen molar-refractivity contribution in [1.82, 2.24) is 4.98 Å². The number of nitrogens with one attached hydrogen (secondary N) is 2. The highest BCUT2D eigenvalue weighted by Gasteiger charge is 2.26. The first-order valence-electron chi connectivity index (χ1n) is 7.27. The van der Waals surface area contributed by atoms with E-state index in [9.17, 15) is 9.59 Å². The Morgan fingerprint density at radius 3 is 2.50 bits per heavy atom. The number of rotatable bonds is 5. The fourth-order valence-corrected chi connectivity index (χ4v) is 2.91. The summed E-state index contributed by atoms with van der Waals surface area (Å²) < 4.78 is 5.04. The summed E-state index contributed by atoms with van der Waals surface area (Å²) in [6, 6.07) is 0. The van der Waals surface area contributed by atoms with Crippen LogP contribution in [0.3, 0.4) is 0 Å². The van der Waals surface area contributed by atoms with Gasteiger partial charge in [0.25, 0.3) is 0 Å². The standard InChI is InChI=1S/C15H22N2O3/c1-4-20-15(19)13-10(2)14(16-11(13)3)12(18)9-17-7-5-6-8-17/h16H,4-9H2,1-3H3/p+1. The molecule has 0 saturated carbocycles. The van der Waals surface area contributed by atoms with Gasteiger partial charge in [0, 0.05) is 18.5 Å². The Kier molecular flexibility index (Phi) is 4.60. The summed E-state index contributed by atoms with van der Waals surface area (Å²) in [7, 11) is 0. The lowest BCUT2D eigenvalue weighted by atomic mass is 10.1. The minimum atomic E-state index is -0.355. The fourth-order valence-electron chi connectivity index (χ4n) is 2.91. The largest absolute Gasteiger partial charge is 0.462 e. The van der Waals surface area contributed by atoms with Crippen molar-refractivity contribution in [3.8, 4) is 0 Å². The number of carbonyl (C=O) groups excluding carboxylic acids is 2. The average molecular weight is 279 g/mol. The van der Waals surface area contributed by atoms with Crippen molar-refractivity contribution in [1.29, 1.82) is 0 Å². The van der Waals surface area contributed by atoms with Gasteiger partial charge in [-0.05, 0) is 26.3 Å². The van der Waals surface area contributed by atoms with E-state index in [1.165, 1.54) is 17.7 Å². The van der Waals surface area contributed by atoms with E-state index in [4.69, 9.17) is 4.74 Å². The number of carbonyl (C=O) groups is 2. The van der Waals surface area contributed by atoms with Crippen LogP contribution in [0.4, 0.5) is 0 Å². The van der Waals surface area contributed by atoms with Gasteiger partial charge in [0.05, 0.1) is 31.0 Å². The van der Waals surface area contributed by atoms with Gasteiger partial charge in [-0.2, -0.15) is 0 Å². The number of aromatic amines is 1. The second-order valence-electron chi connectivity index (χ2n) is 5.40. The molecule has 0 bridgehead atoms. The Morgan fingerprint density at radius 1 is 1.25 bits per heavy atom. The highest BCUT2D eigenvalue weighted by atomic mass is 16.5. The first kappa shape index (κ1) is 14.8. The number of Topliss-reactive ketones (excluding diaryl/α,β-unsaturated/α-hetero) is 1. The molecule has 20 heavy (non-hydrogen) atoms. The van der Waals surface area contributed by atoms with Crippen molar-refractivity contribution in [2.24, 2.45) is 0 Å². The van der Waals surface area contributed by atoms with Crippen LogP contribution >= 0.6 is 0 Å². The van der Waals surface area contributed by atoms with Crippen LogP contribution < -0.4 is 4.90 Å². The smallest absolute Gasteiger partial charge is 0.340 e. The molecule has 0 aromatic carbocycles. The molecular formula is C15H23N2O3+. The summed E-state index contributed by atoms with van der Waals surface area (Å²) >= 11 is 0. The lowest BCUT2D eigenvalue weighted by Gasteiger charge is -2.10. The topological polar surface area (TPSA) is 63.6 Å². The van der Waals surface area contributed by atoms with Crippen LogP contribution in [0.15, 0.2) is 0 Å². The van der Waals surface area contributed by atoms with Gasteiger partial charge in [-0.15, -0.1) is 0 Å². The molecule has 1 aromatic heterocycles. The number of hydrogen-bond donors (Lipinski definition) is 2. The zero-order chi connectivity index (χ0) is 14.7. The van der Waals surface area contributed by atoms with E-state index < -0.39 is 0 Å². The van der Waals surface area contributed by atoms with E-state index in [0.29, 0.717) is 35.7 Å². The molecule has 0 aliphatic carbocycles. The lowest BCUT2D eigenvalue weighted by molar-refractivity contribution is -0.878. The maximum atomic E-state index is 12.4. The highest BCUT2D eigenvalue weighted by molar-refractivity contribution is 6.01. The molecule has 1 saturated heterocycles. The molecule has 2 N–H and O–H groups in total. The summed E-state index contributed by atoms with van der Waals surface area (Å²) in [5.74, 6) is -0.274. The van der Waals surface area contributed by atoms with Crippen molar-refractivity contribution in [2.45, 2.75) is 33.6 Å². The molecule has 2 heterocycles. The van der Waals surface area contributed by atoms with E-state index in [2.05, 4.69) is 4.98 Å². The summed E-state index contributed by atoms with van der Waals surface area (Å²) in [5.41, 5.74) is 2.49. The summed E-state index contributed by atoms with van der Waals surface area (Å²) in [6.07, 6.45) is 2.39. The summed E-state index contributed by atoms with van der Waals surface area (Å²) in [5, 5.41) is 0. The monoisotopic (exact) mass is 279 g/mol. The number of ether oxygens (including phenoxy) is 1. The third kappa shape index (κ3) is 2.93. The zero-order valence-electron chi connectivity index (χ0n) is 12.5. The second-order valence-corrected chi connectivity index (χ2v) is 5.40. The van der Waals surface area contributed by atoms with Crippen LogP contribution in [-0.2, 0) is 4.74 Å². The van der Waals surface area contributed by atoms with Crippen LogP contribution in [0.1, 0.15) is 51.9 Å². The summed E-state index contributed by atoms with van der Waals surface area (Å²) in [4.78, 5) is 28.7. The van der Waals surface area contributed by atoms with E-state index in [1.807, 2.05) is 6.92 Å². The van der Waals surface area contributed by atoms with Crippen molar-refractivity contribution in [3.05, 3.63) is 22.5 Å². The Hall–Kier alpha value is -1.62. The second kappa shape index (κ2) is 6.22. The van der Waals surface area contributed by atoms with Crippen molar-refractivity contribution >= 4 is 11.8 Å². The van der Waals surface area contributed by atoms with E-state index >= 15 is 0 Å². The minimum absolute atomic E-state index is 0.0815. The van der Waals surface area contributed by atoms with Crippen LogP contribution in [0.5, 0.6) is 0 Å². The number of esters is 1. The van der Waals surface area contributed by atoms with Crippen LogP contribution in [0.2, 0.25) is 0 Å². The van der Waals surface area contributed by atoms with Gasteiger partial charge in [-0.25, -0.2) is 4.79 Å². The third-order valence-corrected chi connectivity index (χ3v) is 3.92. The first-order valence-corrected chi connectivity index (χ1v) is 7.27. The maximum absolute atomic E-state index is 12.4. The van der Waals surface area contributed by atoms with Gasteiger partial charge in [0.2, 0.25) is 5.78 Å². The molecule has 5 heteroatoms. The highest BCUT2D eigenvalue weighted by Crippen LogP contribution is 2.19. The van der Waals surface area contributed by atoms with Gasteiger partial charge in [-0.1, -0.05) is 0 Å². The van der Waals surface area contributed by atoms with Gasteiger partial charge in [0.15, 0.2) is 0 Å². The Morgan fingerprint density at radius 2 is 1.90 bits per heavy atom. The molecule has 0 spiro atoms.